The van der Waals surface area contributed by atoms with Gasteiger partial charge < -0.3 is 10.1 Å². The van der Waals surface area contributed by atoms with Gasteiger partial charge in [-0.15, -0.1) is 0 Å². The summed E-state index contributed by atoms with van der Waals surface area (Å²) in [6.45, 7) is 3.48. The fourth-order valence-electron chi connectivity index (χ4n) is 1.19. The van der Waals surface area contributed by atoms with Gasteiger partial charge in [-0.05, 0) is 13.5 Å². The molecule has 0 spiro atoms. The zero-order valence-electron chi connectivity index (χ0n) is 9.47. The molecule has 14 heavy (non-hydrogen) atoms. The monoisotopic (exact) mass is 201 g/mol. The molecule has 0 saturated carbocycles. The molecular formula is C11H23NO2. The van der Waals surface area contributed by atoms with Gasteiger partial charge in [0.25, 0.3) is 0 Å². The third-order valence-electron chi connectivity index (χ3n) is 2.09. The Kier molecular flexibility index (Phi) is 10.1. The van der Waals surface area contributed by atoms with Crippen molar-refractivity contribution >= 4 is 5.97 Å². The van der Waals surface area contributed by atoms with E-state index in [1.54, 1.807) is 0 Å². The van der Waals surface area contributed by atoms with Crippen LogP contribution in [0.15, 0.2) is 0 Å². The molecule has 1 N–H and O–H groups in total. The molecule has 0 rings (SSSR count). The highest BCUT2D eigenvalue weighted by molar-refractivity contribution is 5.69. The first-order chi connectivity index (χ1) is 6.81. The standard InChI is InChI=1S/C11H23NO2/c1-3-4-5-6-7-10-14-11(13)8-9-12-2/h12H,3-10H2,1-2H3. The lowest BCUT2D eigenvalue weighted by Crippen LogP contribution is -2.15. The molecule has 84 valence electrons. The molecule has 0 fully saturated rings. The molecule has 0 aliphatic carbocycles. The zero-order valence-corrected chi connectivity index (χ0v) is 9.47. The van der Waals surface area contributed by atoms with Crippen LogP contribution in [0.1, 0.15) is 45.4 Å². The van der Waals surface area contributed by atoms with Crippen LogP contribution in [-0.4, -0.2) is 26.2 Å². The van der Waals surface area contributed by atoms with Crippen LogP contribution in [-0.2, 0) is 9.53 Å². The van der Waals surface area contributed by atoms with E-state index in [2.05, 4.69) is 12.2 Å². The van der Waals surface area contributed by atoms with Crippen LogP contribution < -0.4 is 5.32 Å². The molecule has 0 aliphatic rings. The number of carbonyl (C=O) groups excluding carboxylic acids is 1. The van der Waals surface area contributed by atoms with E-state index < -0.39 is 0 Å². The summed E-state index contributed by atoms with van der Waals surface area (Å²) in [7, 11) is 1.83. The summed E-state index contributed by atoms with van der Waals surface area (Å²) < 4.78 is 5.05. The average Bonchev–Trinajstić information content (AvgIpc) is 2.20. The number of hydrogen-bond acceptors (Lipinski definition) is 3. The highest BCUT2D eigenvalue weighted by Gasteiger charge is 2.00. The average molecular weight is 201 g/mol. The van der Waals surface area contributed by atoms with Gasteiger partial charge in [-0.3, -0.25) is 4.79 Å². The van der Waals surface area contributed by atoms with Gasteiger partial charge in [0.05, 0.1) is 13.0 Å². The fraction of sp³-hybridized carbons (Fsp3) is 0.909. The highest BCUT2D eigenvalue weighted by atomic mass is 16.5. The van der Waals surface area contributed by atoms with Crippen molar-refractivity contribution in [1.29, 1.82) is 0 Å². The number of rotatable bonds is 9. The van der Waals surface area contributed by atoms with Gasteiger partial charge in [0, 0.05) is 6.54 Å². The zero-order chi connectivity index (χ0) is 10.6. The van der Waals surface area contributed by atoms with E-state index in [1.165, 1.54) is 25.7 Å². The second kappa shape index (κ2) is 10.5. The molecule has 0 radical (unpaired) electrons. The smallest absolute Gasteiger partial charge is 0.307 e. The Morgan fingerprint density at radius 2 is 1.93 bits per heavy atom. The van der Waals surface area contributed by atoms with Crippen LogP contribution in [0.3, 0.4) is 0 Å². The molecule has 0 aromatic heterocycles. The van der Waals surface area contributed by atoms with E-state index in [-0.39, 0.29) is 5.97 Å². The van der Waals surface area contributed by atoms with E-state index in [4.69, 9.17) is 4.74 Å². The molecule has 0 aromatic carbocycles. The Labute approximate surface area is 87.2 Å². The molecule has 0 bridgehead atoms. The van der Waals surface area contributed by atoms with E-state index >= 15 is 0 Å². The second-order valence-electron chi connectivity index (χ2n) is 3.49. The minimum atomic E-state index is -0.0881. The number of esters is 1. The predicted molar refractivity (Wildman–Crippen MR) is 58.3 cm³/mol. The van der Waals surface area contributed by atoms with Gasteiger partial charge in [0.2, 0.25) is 0 Å². The number of ether oxygens (including phenoxy) is 1. The maximum Gasteiger partial charge on any atom is 0.307 e. The number of nitrogens with one attached hydrogen (secondary N) is 1. The minimum Gasteiger partial charge on any atom is -0.466 e. The third kappa shape index (κ3) is 9.52. The van der Waals surface area contributed by atoms with Gasteiger partial charge in [0.15, 0.2) is 0 Å². The van der Waals surface area contributed by atoms with Crippen LogP contribution in [0, 0.1) is 0 Å². The lowest BCUT2D eigenvalue weighted by molar-refractivity contribution is -0.143. The Morgan fingerprint density at radius 1 is 1.21 bits per heavy atom. The van der Waals surface area contributed by atoms with E-state index in [1.807, 2.05) is 7.05 Å². The summed E-state index contributed by atoms with van der Waals surface area (Å²) in [4.78, 5) is 11.0. The van der Waals surface area contributed by atoms with Crippen molar-refractivity contribution in [2.24, 2.45) is 0 Å². The van der Waals surface area contributed by atoms with Crippen LogP contribution in [0.5, 0.6) is 0 Å². The lowest BCUT2D eigenvalue weighted by atomic mass is 10.2. The molecule has 0 atom stereocenters. The van der Waals surface area contributed by atoms with E-state index in [9.17, 15) is 4.79 Å². The maximum atomic E-state index is 11.0. The molecule has 0 saturated heterocycles. The van der Waals surface area contributed by atoms with Gasteiger partial charge >= 0.3 is 5.97 Å². The molecule has 0 aliphatic heterocycles. The van der Waals surface area contributed by atoms with E-state index in [0.717, 1.165) is 6.42 Å². The summed E-state index contributed by atoms with van der Waals surface area (Å²) in [5.74, 6) is -0.0881. The Hall–Kier alpha value is -0.570. The van der Waals surface area contributed by atoms with E-state index in [0.29, 0.717) is 19.6 Å². The van der Waals surface area contributed by atoms with Gasteiger partial charge in [0.1, 0.15) is 0 Å². The first-order valence-electron chi connectivity index (χ1n) is 5.61. The van der Waals surface area contributed by atoms with Crippen LogP contribution in [0.4, 0.5) is 0 Å². The molecule has 0 amide bonds. The first-order valence-corrected chi connectivity index (χ1v) is 5.61. The number of carbonyl (C=O) groups is 1. The normalized spacial score (nSPS) is 10.1. The molecule has 3 heteroatoms. The number of hydrogen-bond donors (Lipinski definition) is 1. The van der Waals surface area contributed by atoms with Crippen molar-refractivity contribution in [2.75, 3.05) is 20.2 Å². The van der Waals surface area contributed by atoms with Crippen molar-refractivity contribution in [1.82, 2.24) is 5.32 Å². The van der Waals surface area contributed by atoms with Gasteiger partial charge in [-0.1, -0.05) is 32.6 Å². The quantitative estimate of drug-likeness (QED) is 0.458. The Morgan fingerprint density at radius 3 is 2.57 bits per heavy atom. The number of unbranched alkanes of at least 4 members (excludes halogenated alkanes) is 4. The van der Waals surface area contributed by atoms with Crippen molar-refractivity contribution in [3.63, 3.8) is 0 Å². The first kappa shape index (κ1) is 13.4. The summed E-state index contributed by atoms with van der Waals surface area (Å²) in [5.41, 5.74) is 0. The molecule has 0 aromatic rings. The highest BCUT2D eigenvalue weighted by Crippen LogP contribution is 2.02. The summed E-state index contributed by atoms with van der Waals surface area (Å²) >= 11 is 0. The largest absolute Gasteiger partial charge is 0.466 e. The lowest BCUT2D eigenvalue weighted by Gasteiger charge is -2.04. The SMILES string of the molecule is CCCCCCCOC(=O)CCNC. The van der Waals surface area contributed by atoms with Crippen LogP contribution in [0.2, 0.25) is 0 Å². The predicted octanol–water partition coefficient (Wildman–Crippen LogP) is 2.11. The maximum absolute atomic E-state index is 11.0. The molecule has 3 nitrogen and oxygen atoms in total. The summed E-state index contributed by atoms with van der Waals surface area (Å²) in [6, 6.07) is 0. The second-order valence-corrected chi connectivity index (χ2v) is 3.49. The van der Waals surface area contributed by atoms with Gasteiger partial charge in [-0.25, -0.2) is 0 Å². The van der Waals surface area contributed by atoms with Crippen molar-refractivity contribution in [3.8, 4) is 0 Å². The third-order valence-corrected chi connectivity index (χ3v) is 2.09. The molecule has 0 unspecified atom stereocenters. The van der Waals surface area contributed by atoms with Gasteiger partial charge in [-0.2, -0.15) is 0 Å². The van der Waals surface area contributed by atoms with Crippen molar-refractivity contribution in [2.45, 2.75) is 45.4 Å². The topological polar surface area (TPSA) is 38.3 Å². The Bertz CT molecular complexity index is 137. The van der Waals surface area contributed by atoms with Crippen LogP contribution in [0.25, 0.3) is 0 Å². The van der Waals surface area contributed by atoms with Crippen LogP contribution >= 0.6 is 0 Å². The summed E-state index contributed by atoms with van der Waals surface area (Å²) in [5, 5.41) is 2.92. The molecule has 0 heterocycles. The molecular weight excluding hydrogens is 178 g/mol. The fourth-order valence-corrected chi connectivity index (χ4v) is 1.19. The summed E-state index contributed by atoms with van der Waals surface area (Å²) in [6.07, 6.45) is 6.45. The minimum absolute atomic E-state index is 0.0881. The van der Waals surface area contributed by atoms with Crippen molar-refractivity contribution in [3.05, 3.63) is 0 Å². The Balaban J connectivity index is 3.07. The van der Waals surface area contributed by atoms with Crippen molar-refractivity contribution < 1.29 is 9.53 Å².